The average molecular weight is 1180 g/mol. The van der Waals surface area contributed by atoms with Crippen molar-refractivity contribution in [3.05, 3.63) is 65.4 Å². The zero-order valence-electron chi connectivity index (χ0n) is 42.6. The Bertz CT molecular complexity index is 2050. The van der Waals surface area contributed by atoms with E-state index in [1.165, 1.54) is 44.1 Å². The molecular weight excluding hydrogens is 1110 g/mol. The van der Waals surface area contributed by atoms with Crippen molar-refractivity contribution in [1.82, 2.24) is 0 Å². The van der Waals surface area contributed by atoms with E-state index in [1.807, 2.05) is 12.1 Å². The van der Waals surface area contributed by atoms with Gasteiger partial charge in [-0.1, -0.05) is 51.2 Å². The summed E-state index contributed by atoms with van der Waals surface area (Å²) in [4.78, 5) is -1.14. The van der Waals surface area contributed by atoms with Crippen molar-refractivity contribution in [1.29, 1.82) is 0 Å². The Hall–Kier alpha value is -3.69. The van der Waals surface area contributed by atoms with E-state index in [1.54, 1.807) is 0 Å². The summed E-state index contributed by atoms with van der Waals surface area (Å²) >= 11 is 0. The monoisotopic (exact) mass is 1180 g/mol. The lowest BCUT2D eigenvalue weighted by Gasteiger charge is -2.37. The Morgan fingerprint density at radius 2 is 0.795 bits per heavy atom. The van der Waals surface area contributed by atoms with E-state index < -0.39 is 88.1 Å². The van der Waals surface area contributed by atoms with Gasteiger partial charge in [-0.2, -0.15) is 69.9 Å². The first-order valence-corrected chi connectivity index (χ1v) is 25.8. The van der Waals surface area contributed by atoms with E-state index in [0.29, 0.717) is 66.1 Å². The van der Waals surface area contributed by atoms with Gasteiger partial charge in [-0.25, -0.2) is 0 Å². The van der Waals surface area contributed by atoms with Gasteiger partial charge in [-0.3, -0.25) is 4.55 Å². The quantitative estimate of drug-likeness (QED) is 0.0288. The van der Waals surface area contributed by atoms with Gasteiger partial charge in [-0.05, 0) is 54.8 Å². The summed E-state index contributed by atoms with van der Waals surface area (Å²) in [6.45, 7) is 3.19. The number of hydrogen-bond donors (Lipinski definition) is 1. The van der Waals surface area contributed by atoms with Gasteiger partial charge in [-0.15, -0.1) is 0 Å². The van der Waals surface area contributed by atoms with Crippen LogP contribution in [0.25, 0.3) is 0 Å². The number of benzene rings is 2. The number of aryl methyl sites for hydroxylation is 1. The highest BCUT2D eigenvalue weighted by Crippen LogP contribution is 2.58. The first-order valence-electron chi connectivity index (χ1n) is 24.4. The fraction of sp³-hybridized carbons (Fsp3) is 0.708. The molecule has 2 rings (SSSR count). The second-order valence-corrected chi connectivity index (χ2v) is 17.8. The van der Waals surface area contributed by atoms with Crippen LogP contribution in [0, 0.1) is 0 Å². The van der Waals surface area contributed by atoms with Gasteiger partial charge in [0.1, 0.15) is 18.1 Å². The number of unbranched alkanes of at least 4 members (excludes halogenated alkanes) is 5. The van der Waals surface area contributed by atoms with E-state index in [2.05, 4.69) is 28.5 Å². The topological polar surface area (TPSA) is 165 Å². The summed E-state index contributed by atoms with van der Waals surface area (Å²) in [5, 5.41) is 0. The van der Waals surface area contributed by atoms with Gasteiger partial charge >= 0.3 is 36.2 Å². The number of alkyl halides is 14. The highest BCUT2D eigenvalue weighted by atomic mass is 32.2. The molecule has 2 aromatic carbocycles. The van der Waals surface area contributed by atoms with Gasteiger partial charge in [0.15, 0.2) is 5.57 Å². The third-order valence-corrected chi connectivity index (χ3v) is 11.2. The standard InChI is InChI=1S/C48H66F14O15S/c1-2-3-4-5-6-7-8-37-9-11-38(12-10-37)75-35-33-73-31-29-71-27-25-69-23-21-67-19-17-66-18-20-68-22-24-70-26-28-72-30-32-74-34-36-76-48(61,62)47(59,60)46(57,58)43(49,50)41(44(51,52)53)42(45(54,55)56)77-39-13-15-40(16-14-39)78(63,64)65/h9-16H,2-8,17-36H2,1H3,(H,63,64,65)/b42-41+. The summed E-state index contributed by atoms with van der Waals surface area (Å²) in [6, 6.07) is 8.54. The van der Waals surface area contributed by atoms with Crippen molar-refractivity contribution in [2.45, 2.75) is 93.0 Å². The molecule has 15 nitrogen and oxygen atoms in total. The Labute approximate surface area is 442 Å². The normalized spacial score (nSPS) is 13.5. The molecule has 0 spiro atoms. The molecule has 0 atom stereocenters. The second kappa shape index (κ2) is 35.9. The van der Waals surface area contributed by atoms with E-state index in [9.17, 15) is 69.9 Å². The molecule has 452 valence electrons. The molecule has 0 aliphatic carbocycles. The Kier molecular flexibility index (Phi) is 32.4. The summed E-state index contributed by atoms with van der Waals surface area (Å²) in [7, 11) is -5.11. The van der Waals surface area contributed by atoms with Crippen LogP contribution in [-0.4, -0.2) is 181 Å². The van der Waals surface area contributed by atoms with Gasteiger partial charge in [0.05, 0.1) is 130 Å². The lowest BCUT2D eigenvalue weighted by Crippen LogP contribution is -2.64. The molecular formula is C48H66F14O15S. The Balaban J connectivity index is 1.48. The summed E-state index contributed by atoms with van der Waals surface area (Å²) in [6.07, 6.45) is -12.3. The molecule has 0 radical (unpaired) electrons. The van der Waals surface area contributed by atoms with E-state index in [-0.39, 0.29) is 70.5 Å². The molecule has 0 aromatic heterocycles. The van der Waals surface area contributed by atoms with Crippen molar-refractivity contribution in [3.63, 3.8) is 0 Å². The molecule has 1 N–H and O–H groups in total. The van der Waals surface area contributed by atoms with Crippen LogP contribution >= 0.6 is 0 Å². The van der Waals surface area contributed by atoms with Crippen LogP contribution in [0.5, 0.6) is 11.5 Å². The maximum absolute atomic E-state index is 14.8. The number of hydrogen-bond acceptors (Lipinski definition) is 14. The average Bonchev–Trinajstić information content (AvgIpc) is 3.47. The van der Waals surface area contributed by atoms with E-state index in [0.717, 1.165) is 12.2 Å². The molecule has 0 unspecified atom stereocenters. The number of ether oxygens (including phenoxy) is 12. The molecule has 0 bridgehead atoms. The number of rotatable bonds is 46. The Morgan fingerprint density at radius 1 is 0.436 bits per heavy atom. The van der Waals surface area contributed by atoms with Gasteiger partial charge in [0, 0.05) is 0 Å². The van der Waals surface area contributed by atoms with Crippen molar-refractivity contribution in [3.8, 4) is 11.5 Å². The minimum absolute atomic E-state index is 0.0162. The van der Waals surface area contributed by atoms with E-state index in [4.69, 9.17) is 51.9 Å². The summed E-state index contributed by atoms with van der Waals surface area (Å²) in [5.74, 6) is -28.4. The first kappa shape index (κ1) is 70.4. The largest absolute Gasteiger partial charge is 0.491 e. The first-order chi connectivity index (χ1) is 36.7. The minimum Gasteiger partial charge on any atom is -0.491 e. The van der Waals surface area contributed by atoms with Crippen molar-refractivity contribution in [2.75, 3.05) is 132 Å². The lowest BCUT2D eigenvalue weighted by molar-refractivity contribution is -0.426. The summed E-state index contributed by atoms with van der Waals surface area (Å²) in [5.41, 5.74) is -3.55. The van der Waals surface area contributed by atoms with Crippen LogP contribution < -0.4 is 9.47 Å². The molecule has 0 aliphatic rings. The lowest BCUT2D eigenvalue weighted by atomic mass is 9.94. The molecule has 0 saturated heterocycles. The van der Waals surface area contributed by atoms with Crippen LogP contribution in [0.2, 0.25) is 0 Å². The molecule has 0 aliphatic heterocycles. The summed E-state index contributed by atoms with van der Waals surface area (Å²) < 4.78 is 290. The zero-order chi connectivity index (χ0) is 58.2. The molecule has 0 heterocycles. The van der Waals surface area contributed by atoms with Crippen molar-refractivity contribution >= 4 is 10.1 Å². The van der Waals surface area contributed by atoms with E-state index >= 15 is 0 Å². The fourth-order valence-corrected chi connectivity index (χ4v) is 6.78. The maximum Gasteiger partial charge on any atom is 0.450 e. The zero-order valence-corrected chi connectivity index (χ0v) is 43.4. The van der Waals surface area contributed by atoms with Gasteiger partial charge < -0.3 is 56.8 Å². The second-order valence-electron chi connectivity index (χ2n) is 16.4. The molecule has 0 saturated carbocycles. The molecule has 78 heavy (non-hydrogen) atoms. The van der Waals surface area contributed by atoms with Crippen LogP contribution in [-0.2, 0) is 63.9 Å². The van der Waals surface area contributed by atoms with Crippen LogP contribution in [0.4, 0.5) is 61.5 Å². The highest BCUT2D eigenvalue weighted by molar-refractivity contribution is 7.85. The number of halogens is 14. The highest BCUT2D eigenvalue weighted by Gasteiger charge is 2.85. The van der Waals surface area contributed by atoms with Gasteiger partial charge in [0.2, 0.25) is 5.76 Å². The SMILES string of the molecule is CCCCCCCCc1ccc(OCCOCCOCCOCCOCCOCCOCCOCCOCCOCCOC(F)(F)C(F)(F)C(F)(F)C(F)(F)/C(=C(\Oc2ccc(S(=O)(=O)O)cc2)C(F)(F)F)C(F)(F)F)cc1. The minimum atomic E-state index is -8.00. The third-order valence-electron chi connectivity index (χ3n) is 10.3. The predicted molar refractivity (Wildman–Crippen MR) is 248 cm³/mol. The molecule has 2 aromatic rings. The maximum atomic E-state index is 14.8. The predicted octanol–water partition coefficient (Wildman–Crippen LogP) is 10.3. The molecule has 30 heteroatoms. The molecule has 0 fully saturated rings. The van der Waals surface area contributed by atoms with Crippen molar-refractivity contribution in [2.24, 2.45) is 0 Å². The van der Waals surface area contributed by atoms with Crippen LogP contribution in [0.15, 0.2) is 64.8 Å². The van der Waals surface area contributed by atoms with Crippen LogP contribution in [0.1, 0.15) is 51.0 Å². The fourth-order valence-electron chi connectivity index (χ4n) is 6.30. The van der Waals surface area contributed by atoms with Gasteiger partial charge in [0.25, 0.3) is 10.1 Å². The van der Waals surface area contributed by atoms with Crippen LogP contribution in [0.3, 0.4) is 0 Å². The molecule has 0 amide bonds. The van der Waals surface area contributed by atoms with Crippen molar-refractivity contribution < 1.29 is 131 Å². The Morgan fingerprint density at radius 3 is 1.17 bits per heavy atom. The smallest absolute Gasteiger partial charge is 0.450 e. The number of allylic oxidation sites excluding steroid dienone is 2. The third kappa shape index (κ3) is 26.3.